The molecule has 28 heavy (non-hydrogen) atoms. The summed E-state index contributed by atoms with van der Waals surface area (Å²) in [4.78, 5) is 29.7. The number of nitrogens with one attached hydrogen (secondary N) is 2. The Morgan fingerprint density at radius 1 is 1.14 bits per heavy atom. The van der Waals surface area contributed by atoms with E-state index in [0.717, 1.165) is 31.5 Å². The molecule has 1 aromatic carbocycles. The standard InChI is InChI=1S/C22H29N3O3/c1-25(14-13-16-5-3-2-4-6-16)15-18-9-12-20(22(28)24-18)21(27)23-17-7-10-19(26)11-8-17/h2-6,9,12,17,19,26H,7-8,10-11,13-15H2,1H3,(H,23,27)(H,24,28). The van der Waals surface area contributed by atoms with Gasteiger partial charge >= 0.3 is 0 Å². The summed E-state index contributed by atoms with van der Waals surface area (Å²) in [6.45, 7) is 1.49. The summed E-state index contributed by atoms with van der Waals surface area (Å²) in [5.41, 5.74) is 1.85. The molecule has 0 saturated heterocycles. The number of nitrogens with zero attached hydrogens (tertiary/aromatic N) is 1. The SMILES string of the molecule is CN(CCc1ccccc1)Cc1ccc(C(=O)NC2CCC(O)CC2)c(=O)[nH]1. The van der Waals surface area contributed by atoms with Gasteiger partial charge in [0.1, 0.15) is 5.56 Å². The third-order valence-electron chi connectivity index (χ3n) is 5.31. The molecule has 3 rings (SSSR count). The lowest BCUT2D eigenvalue weighted by atomic mass is 9.93. The number of amides is 1. The van der Waals surface area contributed by atoms with Crippen LogP contribution in [0.15, 0.2) is 47.3 Å². The summed E-state index contributed by atoms with van der Waals surface area (Å²) in [5, 5.41) is 12.5. The lowest BCUT2D eigenvalue weighted by molar-refractivity contribution is 0.0866. The fraction of sp³-hybridized carbons (Fsp3) is 0.455. The number of benzene rings is 1. The number of likely N-dealkylation sites (N-methyl/N-ethyl adjacent to an activating group) is 1. The van der Waals surface area contributed by atoms with Crippen molar-refractivity contribution in [3.05, 3.63) is 69.6 Å². The van der Waals surface area contributed by atoms with Crippen LogP contribution in [0.4, 0.5) is 0 Å². The molecule has 0 bridgehead atoms. The molecular weight excluding hydrogens is 354 g/mol. The second-order valence-electron chi connectivity index (χ2n) is 7.68. The van der Waals surface area contributed by atoms with Crippen molar-refractivity contribution in [2.24, 2.45) is 0 Å². The van der Waals surface area contributed by atoms with Crippen LogP contribution in [0.5, 0.6) is 0 Å². The van der Waals surface area contributed by atoms with E-state index in [-0.39, 0.29) is 29.2 Å². The van der Waals surface area contributed by atoms with Crippen molar-refractivity contribution < 1.29 is 9.90 Å². The highest BCUT2D eigenvalue weighted by molar-refractivity contribution is 5.94. The number of hydrogen-bond acceptors (Lipinski definition) is 4. The maximum absolute atomic E-state index is 12.4. The highest BCUT2D eigenvalue weighted by Crippen LogP contribution is 2.18. The predicted molar refractivity (Wildman–Crippen MR) is 109 cm³/mol. The maximum Gasteiger partial charge on any atom is 0.261 e. The van der Waals surface area contributed by atoms with Crippen molar-refractivity contribution in [2.45, 2.75) is 50.8 Å². The van der Waals surface area contributed by atoms with Gasteiger partial charge in [-0.05, 0) is 56.8 Å². The van der Waals surface area contributed by atoms with Gasteiger partial charge in [0.2, 0.25) is 0 Å². The lowest BCUT2D eigenvalue weighted by Gasteiger charge is -2.26. The van der Waals surface area contributed by atoms with Crippen LogP contribution in [0.1, 0.15) is 47.3 Å². The van der Waals surface area contributed by atoms with Gasteiger partial charge in [-0.2, -0.15) is 0 Å². The van der Waals surface area contributed by atoms with Gasteiger partial charge < -0.3 is 20.3 Å². The van der Waals surface area contributed by atoms with Crippen molar-refractivity contribution in [1.82, 2.24) is 15.2 Å². The summed E-state index contributed by atoms with van der Waals surface area (Å²) in [7, 11) is 2.01. The van der Waals surface area contributed by atoms with E-state index in [1.54, 1.807) is 12.1 Å². The normalized spacial score (nSPS) is 19.5. The predicted octanol–water partition coefficient (Wildman–Crippen LogP) is 2.08. The van der Waals surface area contributed by atoms with Crippen molar-refractivity contribution in [3.63, 3.8) is 0 Å². The van der Waals surface area contributed by atoms with Gasteiger partial charge in [0, 0.05) is 24.8 Å². The van der Waals surface area contributed by atoms with Crippen LogP contribution >= 0.6 is 0 Å². The second-order valence-corrected chi connectivity index (χ2v) is 7.68. The molecule has 0 radical (unpaired) electrons. The van der Waals surface area contributed by atoms with Gasteiger partial charge in [-0.3, -0.25) is 9.59 Å². The summed E-state index contributed by atoms with van der Waals surface area (Å²) >= 11 is 0. The van der Waals surface area contributed by atoms with E-state index in [9.17, 15) is 14.7 Å². The highest BCUT2D eigenvalue weighted by Gasteiger charge is 2.22. The maximum atomic E-state index is 12.4. The third kappa shape index (κ3) is 5.78. The van der Waals surface area contributed by atoms with E-state index in [1.165, 1.54) is 5.56 Å². The molecule has 1 aromatic heterocycles. The minimum absolute atomic E-state index is 0.0269. The molecule has 1 fully saturated rings. The molecule has 1 saturated carbocycles. The number of aliphatic hydroxyl groups excluding tert-OH is 1. The molecular formula is C22H29N3O3. The van der Waals surface area contributed by atoms with Gasteiger partial charge in [0.05, 0.1) is 6.10 Å². The molecule has 6 heteroatoms. The Labute approximate surface area is 165 Å². The van der Waals surface area contributed by atoms with E-state index in [2.05, 4.69) is 27.3 Å². The fourth-order valence-corrected chi connectivity index (χ4v) is 3.60. The zero-order chi connectivity index (χ0) is 19.9. The van der Waals surface area contributed by atoms with Gasteiger partial charge in [-0.25, -0.2) is 0 Å². The van der Waals surface area contributed by atoms with Crippen LogP contribution in [0.3, 0.4) is 0 Å². The molecule has 0 unspecified atom stereocenters. The monoisotopic (exact) mass is 383 g/mol. The Hall–Kier alpha value is -2.44. The second kappa shape index (κ2) is 9.66. The van der Waals surface area contributed by atoms with Crippen molar-refractivity contribution in [1.29, 1.82) is 0 Å². The molecule has 2 aromatic rings. The first kappa shape index (κ1) is 20.3. The topological polar surface area (TPSA) is 85.4 Å². The van der Waals surface area contributed by atoms with E-state index in [4.69, 9.17) is 0 Å². The summed E-state index contributed by atoms with van der Waals surface area (Å²) in [5.74, 6) is -0.341. The fourth-order valence-electron chi connectivity index (χ4n) is 3.60. The number of H-pyrrole nitrogens is 1. The molecule has 0 spiro atoms. The van der Waals surface area contributed by atoms with E-state index >= 15 is 0 Å². The molecule has 0 aliphatic heterocycles. The third-order valence-corrected chi connectivity index (χ3v) is 5.31. The van der Waals surface area contributed by atoms with E-state index in [1.807, 2.05) is 25.2 Å². The van der Waals surface area contributed by atoms with Crippen molar-refractivity contribution in [2.75, 3.05) is 13.6 Å². The number of aromatic nitrogens is 1. The first-order valence-corrected chi connectivity index (χ1v) is 9.95. The highest BCUT2D eigenvalue weighted by atomic mass is 16.3. The minimum atomic E-state index is -0.359. The number of carbonyl (C=O) groups excluding carboxylic acids is 1. The quantitative estimate of drug-likeness (QED) is 0.683. The smallest absolute Gasteiger partial charge is 0.261 e. The Morgan fingerprint density at radius 3 is 2.54 bits per heavy atom. The minimum Gasteiger partial charge on any atom is -0.393 e. The Morgan fingerprint density at radius 2 is 1.86 bits per heavy atom. The number of carbonyl (C=O) groups is 1. The zero-order valence-corrected chi connectivity index (χ0v) is 16.4. The van der Waals surface area contributed by atoms with Crippen LogP contribution in [-0.4, -0.2) is 46.6 Å². The summed E-state index contributed by atoms with van der Waals surface area (Å²) in [6.07, 6.45) is 3.54. The largest absolute Gasteiger partial charge is 0.393 e. The summed E-state index contributed by atoms with van der Waals surface area (Å²) < 4.78 is 0. The zero-order valence-electron chi connectivity index (χ0n) is 16.4. The number of aliphatic hydroxyl groups is 1. The number of hydrogen-bond donors (Lipinski definition) is 3. The molecule has 1 amide bonds. The first-order valence-electron chi connectivity index (χ1n) is 9.95. The molecule has 1 heterocycles. The average molecular weight is 383 g/mol. The van der Waals surface area contributed by atoms with Crippen LogP contribution in [0, 0.1) is 0 Å². The number of aromatic amines is 1. The van der Waals surface area contributed by atoms with Crippen LogP contribution in [0.2, 0.25) is 0 Å². The molecule has 0 atom stereocenters. The van der Waals surface area contributed by atoms with Crippen molar-refractivity contribution in [3.8, 4) is 0 Å². The van der Waals surface area contributed by atoms with Crippen LogP contribution in [-0.2, 0) is 13.0 Å². The number of pyridine rings is 1. The molecule has 3 N–H and O–H groups in total. The summed E-state index contributed by atoms with van der Waals surface area (Å²) in [6, 6.07) is 13.7. The van der Waals surface area contributed by atoms with Gasteiger partial charge in [-0.15, -0.1) is 0 Å². The molecule has 1 aliphatic rings. The molecule has 150 valence electrons. The molecule has 6 nitrogen and oxygen atoms in total. The van der Waals surface area contributed by atoms with E-state index < -0.39 is 0 Å². The van der Waals surface area contributed by atoms with Crippen molar-refractivity contribution >= 4 is 5.91 Å². The van der Waals surface area contributed by atoms with E-state index in [0.29, 0.717) is 19.4 Å². The number of rotatable bonds is 7. The van der Waals surface area contributed by atoms with Gasteiger partial charge in [0.25, 0.3) is 11.5 Å². The van der Waals surface area contributed by atoms with Crippen LogP contribution < -0.4 is 10.9 Å². The Bertz CT molecular complexity index is 826. The van der Waals surface area contributed by atoms with Gasteiger partial charge in [0.15, 0.2) is 0 Å². The average Bonchev–Trinajstić information content (AvgIpc) is 2.69. The first-order chi connectivity index (χ1) is 13.5. The molecule has 1 aliphatic carbocycles. The van der Waals surface area contributed by atoms with Gasteiger partial charge in [-0.1, -0.05) is 30.3 Å². The van der Waals surface area contributed by atoms with Crippen LogP contribution in [0.25, 0.3) is 0 Å². The Balaban J connectivity index is 1.53. The lowest BCUT2D eigenvalue weighted by Crippen LogP contribution is -2.40. The Kier molecular flexibility index (Phi) is 7.01.